The molecular weight excluding hydrogens is 384 g/mol. The van der Waals surface area contributed by atoms with Gasteiger partial charge in [0.2, 0.25) is 11.0 Å². The first-order chi connectivity index (χ1) is 13.9. The Bertz CT molecular complexity index is 1090. The van der Waals surface area contributed by atoms with Crippen LogP contribution >= 0.6 is 11.3 Å². The van der Waals surface area contributed by atoms with E-state index < -0.39 is 0 Å². The molecule has 7 heteroatoms. The van der Waals surface area contributed by atoms with Crippen molar-refractivity contribution in [3.8, 4) is 0 Å². The summed E-state index contributed by atoms with van der Waals surface area (Å²) < 4.78 is 0. The molecule has 1 aliphatic heterocycles. The average Bonchev–Trinajstić information content (AvgIpc) is 3.30. The Balaban J connectivity index is 1.46. The van der Waals surface area contributed by atoms with E-state index in [1.54, 1.807) is 6.07 Å². The molecule has 2 heterocycles. The number of anilines is 2. The van der Waals surface area contributed by atoms with Gasteiger partial charge >= 0.3 is 0 Å². The molecule has 1 unspecified atom stereocenters. The Morgan fingerprint density at radius 2 is 1.93 bits per heavy atom. The van der Waals surface area contributed by atoms with E-state index in [1.807, 2.05) is 55.1 Å². The second kappa shape index (κ2) is 7.75. The molecule has 1 fully saturated rings. The third kappa shape index (κ3) is 4.05. The summed E-state index contributed by atoms with van der Waals surface area (Å²) in [5.41, 5.74) is 4.88. The van der Waals surface area contributed by atoms with Gasteiger partial charge in [-0.05, 0) is 56.2 Å². The average molecular weight is 407 g/mol. The second-order valence-corrected chi connectivity index (χ2v) is 8.45. The molecule has 0 bridgehead atoms. The van der Waals surface area contributed by atoms with Crippen molar-refractivity contribution in [1.29, 1.82) is 0 Å². The maximum Gasteiger partial charge on any atom is 0.257 e. The van der Waals surface area contributed by atoms with E-state index >= 15 is 0 Å². The number of nitrogens with one attached hydrogen (secondary N) is 1. The summed E-state index contributed by atoms with van der Waals surface area (Å²) in [5.74, 6) is -0.152. The highest BCUT2D eigenvalue weighted by molar-refractivity contribution is 7.15. The number of hydrogen-bond donors (Lipinski definition) is 1. The molecule has 148 valence electrons. The van der Waals surface area contributed by atoms with E-state index in [0.29, 0.717) is 23.7 Å². The van der Waals surface area contributed by atoms with Crippen LogP contribution in [-0.2, 0) is 4.79 Å². The lowest BCUT2D eigenvalue weighted by atomic mass is 10.1. The molecule has 0 saturated carbocycles. The highest BCUT2D eigenvalue weighted by atomic mass is 32.1. The Labute approximate surface area is 173 Å². The predicted molar refractivity (Wildman–Crippen MR) is 115 cm³/mol. The molecule has 6 nitrogen and oxygen atoms in total. The predicted octanol–water partition coefficient (Wildman–Crippen LogP) is 4.24. The smallest absolute Gasteiger partial charge is 0.257 e. The lowest BCUT2D eigenvalue weighted by Gasteiger charge is -2.17. The number of rotatable bonds is 4. The van der Waals surface area contributed by atoms with Crippen molar-refractivity contribution < 1.29 is 9.59 Å². The Morgan fingerprint density at radius 1 is 1.10 bits per heavy atom. The maximum atomic E-state index is 12.6. The molecule has 1 aliphatic rings. The maximum absolute atomic E-state index is 12.6. The highest BCUT2D eigenvalue weighted by Gasteiger charge is 2.34. The van der Waals surface area contributed by atoms with Gasteiger partial charge in [-0.25, -0.2) is 0 Å². The molecular formula is C22H22N4O2S. The van der Waals surface area contributed by atoms with Crippen LogP contribution in [0.4, 0.5) is 10.8 Å². The van der Waals surface area contributed by atoms with Crippen LogP contribution in [0.2, 0.25) is 0 Å². The number of amides is 2. The summed E-state index contributed by atoms with van der Waals surface area (Å²) in [6.07, 6.45) is 0.396. The molecule has 4 rings (SSSR count). The zero-order valence-corrected chi connectivity index (χ0v) is 17.4. The molecule has 0 radical (unpaired) electrons. The van der Waals surface area contributed by atoms with E-state index in [9.17, 15) is 9.59 Å². The SMILES string of the molecule is Cc1cccc(C(=O)Nc2nnc(C3CC(=O)N(c4ccc(C)c(C)c4)C3)s2)c1. The van der Waals surface area contributed by atoms with Crippen LogP contribution in [-0.4, -0.2) is 28.6 Å². The third-order valence-electron chi connectivity index (χ3n) is 5.22. The molecule has 1 atom stereocenters. The first-order valence-corrected chi connectivity index (χ1v) is 10.3. The van der Waals surface area contributed by atoms with Gasteiger partial charge in [0, 0.05) is 30.1 Å². The number of nitrogens with zero attached hydrogens (tertiary/aromatic N) is 3. The Kier molecular flexibility index (Phi) is 5.15. The van der Waals surface area contributed by atoms with Crippen LogP contribution in [0.1, 0.15) is 44.4 Å². The molecule has 1 aromatic heterocycles. The van der Waals surface area contributed by atoms with Gasteiger partial charge in [-0.1, -0.05) is 35.1 Å². The van der Waals surface area contributed by atoms with Gasteiger partial charge in [0.05, 0.1) is 0 Å². The van der Waals surface area contributed by atoms with Crippen LogP contribution < -0.4 is 10.2 Å². The van der Waals surface area contributed by atoms with Gasteiger partial charge in [0.25, 0.3) is 5.91 Å². The molecule has 3 aromatic rings. The molecule has 0 spiro atoms. The first kappa shape index (κ1) is 19.3. The van der Waals surface area contributed by atoms with E-state index in [2.05, 4.69) is 22.4 Å². The molecule has 2 amide bonds. The summed E-state index contributed by atoms with van der Waals surface area (Å²) in [7, 11) is 0. The summed E-state index contributed by atoms with van der Waals surface area (Å²) in [6, 6.07) is 13.4. The minimum atomic E-state index is -0.212. The van der Waals surface area contributed by atoms with Gasteiger partial charge in [0.1, 0.15) is 5.01 Å². The van der Waals surface area contributed by atoms with Crippen molar-refractivity contribution in [2.75, 3.05) is 16.8 Å². The van der Waals surface area contributed by atoms with Gasteiger partial charge in [0.15, 0.2) is 0 Å². The Hall–Kier alpha value is -3.06. The number of carbonyl (C=O) groups excluding carboxylic acids is 2. The van der Waals surface area contributed by atoms with Crippen LogP contribution in [0.3, 0.4) is 0 Å². The van der Waals surface area contributed by atoms with E-state index in [1.165, 1.54) is 16.9 Å². The third-order valence-corrected chi connectivity index (χ3v) is 6.22. The zero-order chi connectivity index (χ0) is 20.5. The van der Waals surface area contributed by atoms with Crippen molar-refractivity contribution in [1.82, 2.24) is 10.2 Å². The van der Waals surface area contributed by atoms with E-state index in [4.69, 9.17) is 0 Å². The van der Waals surface area contributed by atoms with Crippen molar-refractivity contribution in [3.05, 3.63) is 69.7 Å². The van der Waals surface area contributed by atoms with Crippen molar-refractivity contribution in [2.24, 2.45) is 0 Å². The van der Waals surface area contributed by atoms with Crippen molar-refractivity contribution >= 4 is 34.0 Å². The summed E-state index contributed by atoms with van der Waals surface area (Å²) in [6.45, 7) is 6.62. The molecule has 2 aromatic carbocycles. The summed E-state index contributed by atoms with van der Waals surface area (Å²) in [5, 5.41) is 12.4. The lowest BCUT2D eigenvalue weighted by molar-refractivity contribution is -0.117. The van der Waals surface area contributed by atoms with Crippen molar-refractivity contribution in [2.45, 2.75) is 33.1 Å². The topological polar surface area (TPSA) is 75.2 Å². The van der Waals surface area contributed by atoms with Crippen molar-refractivity contribution in [3.63, 3.8) is 0 Å². The second-order valence-electron chi connectivity index (χ2n) is 7.44. The monoisotopic (exact) mass is 406 g/mol. The molecule has 1 saturated heterocycles. The van der Waals surface area contributed by atoms with E-state index in [-0.39, 0.29) is 17.7 Å². The summed E-state index contributed by atoms with van der Waals surface area (Å²) >= 11 is 1.33. The fourth-order valence-electron chi connectivity index (χ4n) is 3.42. The number of benzene rings is 2. The van der Waals surface area contributed by atoms with E-state index in [0.717, 1.165) is 21.8 Å². The number of aromatic nitrogens is 2. The van der Waals surface area contributed by atoms with Crippen LogP contribution in [0, 0.1) is 20.8 Å². The molecule has 0 aliphatic carbocycles. The van der Waals surface area contributed by atoms with Gasteiger partial charge < -0.3 is 4.90 Å². The fourth-order valence-corrected chi connectivity index (χ4v) is 4.25. The van der Waals surface area contributed by atoms with Crippen LogP contribution in [0.5, 0.6) is 0 Å². The number of hydrogen-bond acceptors (Lipinski definition) is 5. The fraction of sp³-hybridized carbons (Fsp3) is 0.273. The van der Waals surface area contributed by atoms with Crippen LogP contribution in [0.15, 0.2) is 42.5 Å². The first-order valence-electron chi connectivity index (χ1n) is 9.50. The Morgan fingerprint density at radius 3 is 2.69 bits per heavy atom. The zero-order valence-electron chi connectivity index (χ0n) is 16.6. The quantitative estimate of drug-likeness (QED) is 0.703. The number of carbonyl (C=O) groups is 2. The van der Waals surface area contributed by atoms with Gasteiger partial charge in [-0.3, -0.25) is 14.9 Å². The van der Waals surface area contributed by atoms with Crippen LogP contribution in [0.25, 0.3) is 0 Å². The highest BCUT2D eigenvalue weighted by Crippen LogP contribution is 2.34. The normalized spacial score (nSPS) is 16.3. The number of aryl methyl sites for hydroxylation is 3. The molecule has 1 N–H and O–H groups in total. The lowest BCUT2D eigenvalue weighted by Crippen LogP contribution is -2.24. The molecule has 29 heavy (non-hydrogen) atoms. The standard InChI is InChI=1S/C22H22N4O2S/c1-13-5-4-6-16(9-13)20(28)23-22-25-24-21(29-22)17-11-19(27)26(12-17)18-8-7-14(2)15(3)10-18/h4-10,17H,11-12H2,1-3H3,(H,23,25,28). The minimum Gasteiger partial charge on any atom is -0.312 e. The van der Waals surface area contributed by atoms with Gasteiger partial charge in [-0.2, -0.15) is 0 Å². The largest absolute Gasteiger partial charge is 0.312 e. The summed E-state index contributed by atoms with van der Waals surface area (Å²) in [4.78, 5) is 26.8. The van der Waals surface area contributed by atoms with Gasteiger partial charge in [-0.15, -0.1) is 10.2 Å². The minimum absolute atomic E-state index is 0.0220.